The highest BCUT2D eigenvalue weighted by molar-refractivity contribution is 5.73. The van der Waals surface area contributed by atoms with Gasteiger partial charge in [0.05, 0.1) is 17.6 Å². The van der Waals surface area contributed by atoms with Crippen LogP contribution in [0.3, 0.4) is 0 Å². The third kappa shape index (κ3) is 2.15. The number of fused-ring (bicyclic) bond motifs is 2. The predicted octanol–water partition coefficient (Wildman–Crippen LogP) is -0.155. The lowest BCUT2D eigenvalue weighted by atomic mass is 9.76. The highest BCUT2D eigenvalue weighted by Crippen LogP contribution is 2.54. The first-order valence-electron chi connectivity index (χ1n) is 8.68. The number of aryl methyl sites for hydroxylation is 1. The number of anilines is 1. The van der Waals surface area contributed by atoms with Gasteiger partial charge in [0.25, 0.3) is 0 Å². The first-order valence-corrected chi connectivity index (χ1v) is 8.68. The van der Waals surface area contributed by atoms with Crippen molar-refractivity contribution < 1.29 is 26.8 Å². The van der Waals surface area contributed by atoms with Crippen molar-refractivity contribution in [3.63, 3.8) is 0 Å². The topological polar surface area (TPSA) is 36.6 Å². The number of hydrogen-bond acceptors (Lipinski definition) is 3. The fourth-order valence-corrected chi connectivity index (χ4v) is 4.33. The average Bonchev–Trinajstić information content (AvgIpc) is 2.77. The quantitative estimate of drug-likeness (QED) is 0.707. The zero-order valence-electron chi connectivity index (χ0n) is 15.9. The van der Waals surface area contributed by atoms with Crippen LogP contribution in [0.2, 0.25) is 0 Å². The molecule has 0 saturated heterocycles. The Labute approximate surface area is 161 Å². The summed E-state index contributed by atoms with van der Waals surface area (Å²) < 4.78 is 8.77. The largest absolute Gasteiger partial charge is 1.00 e. The maximum Gasteiger partial charge on any atom is 0.221 e. The standard InChI is InChI=1S/C21H25N2O2.ClH/c1-14-19-16(15(13-24)12-22(14)4)10-11-21(25-19)20(2,3)17-8-6-7-9-18(17)23(21)5;/h6-12,24H,13H2,1-5H3;1H/q+1;/p-1. The van der Waals surface area contributed by atoms with Crippen LogP contribution in [-0.4, -0.2) is 17.9 Å². The molecule has 0 amide bonds. The molecule has 1 unspecified atom stereocenters. The number of hydrogen-bond donors (Lipinski definition) is 1. The molecule has 1 aromatic carbocycles. The molecule has 0 fully saturated rings. The minimum absolute atomic E-state index is 0. The molecule has 3 heterocycles. The number of likely N-dealkylation sites (N-methyl/N-ethyl adjacent to an activating group) is 1. The summed E-state index contributed by atoms with van der Waals surface area (Å²) in [6.45, 7) is 6.52. The molecule has 1 aromatic heterocycles. The van der Waals surface area contributed by atoms with E-state index < -0.39 is 5.72 Å². The van der Waals surface area contributed by atoms with Gasteiger partial charge >= 0.3 is 0 Å². The van der Waals surface area contributed by atoms with Gasteiger partial charge in [-0.1, -0.05) is 18.2 Å². The molecule has 26 heavy (non-hydrogen) atoms. The minimum atomic E-state index is -0.588. The van der Waals surface area contributed by atoms with Crippen molar-refractivity contribution in [3.8, 4) is 5.75 Å². The number of nitrogens with zero attached hydrogens (tertiary/aromatic N) is 2. The number of rotatable bonds is 1. The molecule has 0 bridgehead atoms. The van der Waals surface area contributed by atoms with Crippen molar-refractivity contribution >= 4 is 11.8 Å². The minimum Gasteiger partial charge on any atom is -1.00 e. The first kappa shape index (κ1) is 18.7. The van der Waals surface area contributed by atoms with Gasteiger partial charge in [0.1, 0.15) is 7.05 Å². The van der Waals surface area contributed by atoms with Crippen LogP contribution in [0.4, 0.5) is 5.69 Å². The Bertz CT molecular complexity index is 907. The zero-order valence-corrected chi connectivity index (χ0v) is 16.6. The van der Waals surface area contributed by atoms with Crippen molar-refractivity contribution in [3.05, 3.63) is 58.9 Å². The summed E-state index contributed by atoms with van der Waals surface area (Å²) in [6, 6.07) is 8.49. The monoisotopic (exact) mass is 372 g/mol. The Morgan fingerprint density at radius 3 is 2.58 bits per heavy atom. The molecule has 0 saturated carbocycles. The Hall–Kier alpha value is -2.04. The van der Waals surface area contributed by atoms with E-state index in [-0.39, 0.29) is 24.4 Å². The van der Waals surface area contributed by atoms with E-state index in [1.807, 2.05) is 17.8 Å². The average molecular weight is 373 g/mol. The summed E-state index contributed by atoms with van der Waals surface area (Å²) >= 11 is 0. The van der Waals surface area contributed by atoms with Crippen LogP contribution >= 0.6 is 0 Å². The summed E-state index contributed by atoms with van der Waals surface area (Å²) in [5.74, 6) is 0.851. The van der Waals surface area contributed by atoms with Crippen molar-refractivity contribution in [1.29, 1.82) is 0 Å². The number of benzene rings is 1. The smallest absolute Gasteiger partial charge is 0.221 e. The van der Waals surface area contributed by atoms with E-state index in [1.54, 1.807) is 0 Å². The number of para-hydroxylation sites is 1. The fraction of sp³-hybridized carbons (Fsp3) is 0.381. The highest BCUT2D eigenvalue weighted by Gasteiger charge is 2.58. The van der Waals surface area contributed by atoms with Crippen LogP contribution in [0.1, 0.15) is 36.2 Å². The number of ether oxygens (including phenoxy) is 1. The third-order valence-corrected chi connectivity index (χ3v) is 6.03. The van der Waals surface area contributed by atoms with Crippen LogP contribution in [0.5, 0.6) is 5.75 Å². The summed E-state index contributed by atoms with van der Waals surface area (Å²) in [5.41, 5.74) is 4.58. The van der Waals surface area contributed by atoms with Crippen molar-refractivity contribution in [1.82, 2.24) is 0 Å². The Kier molecular flexibility index (Phi) is 4.32. The van der Waals surface area contributed by atoms with Gasteiger partial charge in [-0.3, -0.25) is 0 Å². The van der Waals surface area contributed by atoms with Crippen LogP contribution in [0, 0.1) is 6.92 Å². The van der Waals surface area contributed by atoms with Crippen LogP contribution in [0.25, 0.3) is 6.08 Å². The highest BCUT2D eigenvalue weighted by atomic mass is 35.5. The predicted molar refractivity (Wildman–Crippen MR) is 98.5 cm³/mol. The zero-order chi connectivity index (χ0) is 18.0. The van der Waals surface area contributed by atoms with E-state index in [0.29, 0.717) is 0 Å². The van der Waals surface area contributed by atoms with Gasteiger partial charge in [-0.2, -0.15) is 0 Å². The van der Waals surface area contributed by atoms with E-state index in [2.05, 4.69) is 69.1 Å². The molecule has 138 valence electrons. The van der Waals surface area contributed by atoms with Gasteiger partial charge < -0.3 is 27.2 Å². The van der Waals surface area contributed by atoms with Crippen molar-refractivity contribution in [2.75, 3.05) is 11.9 Å². The maximum atomic E-state index is 9.75. The summed E-state index contributed by atoms with van der Waals surface area (Å²) in [6.07, 6.45) is 6.23. The van der Waals surface area contributed by atoms with Crippen LogP contribution in [0.15, 0.2) is 36.5 Å². The number of aliphatic hydroxyl groups excluding tert-OH is 1. The number of halogens is 1. The second-order valence-corrected chi connectivity index (χ2v) is 7.58. The van der Waals surface area contributed by atoms with E-state index in [1.165, 1.54) is 11.3 Å². The molecule has 2 aromatic rings. The van der Waals surface area contributed by atoms with Gasteiger partial charge in [-0.25, -0.2) is 4.57 Å². The molecule has 0 aliphatic carbocycles. The first-order chi connectivity index (χ1) is 11.8. The lowest BCUT2D eigenvalue weighted by molar-refractivity contribution is -0.678. The normalized spacial score (nSPS) is 21.8. The second-order valence-electron chi connectivity index (χ2n) is 7.58. The Morgan fingerprint density at radius 2 is 1.92 bits per heavy atom. The van der Waals surface area contributed by atoms with Gasteiger partial charge in [-0.15, -0.1) is 0 Å². The number of aliphatic hydroxyl groups is 1. The van der Waals surface area contributed by atoms with Crippen molar-refractivity contribution in [2.45, 2.75) is 38.5 Å². The molecule has 1 spiro atoms. The van der Waals surface area contributed by atoms with Gasteiger partial charge in [-0.05, 0) is 37.6 Å². The van der Waals surface area contributed by atoms with Gasteiger partial charge in [0.2, 0.25) is 11.4 Å². The molecule has 4 nitrogen and oxygen atoms in total. The second kappa shape index (κ2) is 6.00. The van der Waals surface area contributed by atoms with E-state index in [0.717, 1.165) is 22.6 Å². The molecular weight excluding hydrogens is 348 g/mol. The number of pyridine rings is 1. The molecule has 5 heteroatoms. The fourth-order valence-electron chi connectivity index (χ4n) is 4.33. The third-order valence-electron chi connectivity index (χ3n) is 6.03. The Balaban J connectivity index is 0.00000196. The molecule has 4 rings (SSSR count). The molecular formula is C21H25ClN2O2. The van der Waals surface area contributed by atoms with E-state index in [9.17, 15) is 5.11 Å². The molecule has 1 atom stereocenters. The molecule has 0 radical (unpaired) electrons. The van der Waals surface area contributed by atoms with Crippen LogP contribution < -0.4 is 26.6 Å². The summed E-state index contributed by atoms with van der Waals surface area (Å²) in [7, 11) is 4.08. The summed E-state index contributed by atoms with van der Waals surface area (Å²) in [5, 5.41) is 9.75. The van der Waals surface area contributed by atoms with E-state index >= 15 is 0 Å². The Morgan fingerprint density at radius 1 is 1.23 bits per heavy atom. The lowest BCUT2D eigenvalue weighted by Gasteiger charge is -2.45. The van der Waals surface area contributed by atoms with E-state index in [4.69, 9.17) is 4.74 Å². The van der Waals surface area contributed by atoms with Crippen molar-refractivity contribution in [2.24, 2.45) is 7.05 Å². The van der Waals surface area contributed by atoms with Gasteiger partial charge in [0, 0.05) is 25.2 Å². The molecule has 1 N–H and O–H groups in total. The SMILES string of the molecule is Cc1c2c(c(CO)c[n+]1C)C=CC1(O2)N(C)c2ccccc2C1(C)C.[Cl-]. The lowest BCUT2D eigenvalue weighted by Crippen LogP contribution is -3.00. The molecule has 2 aliphatic heterocycles. The summed E-state index contributed by atoms with van der Waals surface area (Å²) in [4.78, 5) is 2.23. The van der Waals surface area contributed by atoms with Crippen LogP contribution in [-0.2, 0) is 19.1 Å². The maximum absolute atomic E-state index is 9.75. The molecule has 2 aliphatic rings. The van der Waals surface area contributed by atoms with Gasteiger partial charge in [0.15, 0.2) is 11.9 Å². The number of aromatic nitrogens is 1.